The van der Waals surface area contributed by atoms with Crippen molar-refractivity contribution in [1.29, 1.82) is 0 Å². The summed E-state index contributed by atoms with van der Waals surface area (Å²) in [6, 6.07) is 14.1. The molecule has 1 unspecified atom stereocenters. The Bertz CT molecular complexity index is 1520. The molecule has 8 nitrogen and oxygen atoms in total. The fourth-order valence-electron chi connectivity index (χ4n) is 4.78. The van der Waals surface area contributed by atoms with Crippen LogP contribution in [0.1, 0.15) is 46.3 Å². The van der Waals surface area contributed by atoms with E-state index in [1.54, 1.807) is 30.3 Å². The standard InChI is InChI=1S/C31H28O8/c1-17(2)16-37-22-9-7-6-8-19(22)21-14-28(32)38-23-11-10-20-30(33)27(39-31(20)29(21)23)13-18-12-25(35-4)26(36-5)15-24(18)34-3/h6-13,15,21H,1,14,16H2,2-5H3. The van der Waals surface area contributed by atoms with Gasteiger partial charge in [0.05, 0.1) is 33.3 Å². The van der Waals surface area contributed by atoms with Gasteiger partial charge in [0.15, 0.2) is 17.3 Å². The highest BCUT2D eigenvalue weighted by Crippen LogP contribution is 2.50. The lowest BCUT2D eigenvalue weighted by molar-refractivity contribution is -0.135. The average molecular weight is 529 g/mol. The molecule has 39 heavy (non-hydrogen) atoms. The molecule has 0 spiro atoms. The maximum Gasteiger partial charge on any atom is 0.312 e. The summed E-state index contributed by atoms with van der Waals surface area (Å²) in [4.78, 5) is 26.1. The summed E-state index contributed by atoms with van der Waals surface area (Å²) in [6.45, 7) is 6.12. The zero-order chi connectivity index (χ0) is 27.7. The van der Waals surface area contributed by atoms with Gasteiger partial charge in [0.2, 0.25) is 5.78 Å². The van der Waals surface area contributed by atoms with E-state index in [4.69, 9.17) is 28.4 Å². The van der Waals surface area contributed by atoms with Crippen molar-refractivity contribution in [3.8, 4) is 34.5 Å². The van der Waals surface area contributed by atoms with E-state index in [-0.39, 0.29) is 23.9 Å². The number of esters is 1. The molecule has 2 aliphatic rings. The topological polar surface area (TPSA) is 89.5 Å². The van der Waals surface area contributed by atoms with Crippen LogP contribution in [-0.2, 0) is 4.79 Å². The number of carbonyl (C=O) groups is 2. The van der Waals surface area contributed by atoms with Crippen molar-refractivity contribution in [3.63, 3.8) is 0 Å². The number of allylic oxidation sites excluding steroid dienone is 1. The Morgan fingerprint density at radius 1 is 0.949 bits per heavy atom. The number of carbonyl (C=O) groups excluding carboxylic acids is 2. The molecule has 0 N–H and O–H groups in total. The van der Waals surface area contributed by atoms with Crippen molar-refractivity contribution in [3.05, 3.63) is 88.7 Å². The number of hydrogen-bond donors (Lipinski definition) is 0. The van der Waals surface area contributed by atoms with Crippen LogP contribution in [-0.4, -0.2) is 39.7 Å². The van der Waals surface area contributed by atoms with Crippen LogP contribution in [0.2, 0.25) is 0 Å². The SMILES string of the molecule is C=C(C)COc1ccccc1C1CC(=O)Oc2ccc3c(c21)OC(=Cc1cc(OC)c(OC)cc1OC)C3=O. The van der Waals surface area contributed by atoms with Crippen LogP contribution in [0.25, 0.3) is 6.08 Å². The maximum absolute atomic E-state index is 13.5. The molecule has 0 aromatic heterocycles. The zero-order valence-electron chi connectivity index (χ0n) is 22.2. The minimum absolute atomic E-state index is 0.0665. The Morgan fingerprint density at radius 2 is 1.67 bits per heavy atom. The second-order valence-corrected chi connectivity index (χ2v) is 9.26. The second kappa shape index (κ2) is 10.6. The summed E-state index contributed by atoms with van der Waals surface area (Å²) < 4.78 is 34.1. The highest BCUT2D eigenvalue weighted by Gasteiger charge is 2.39. The van der Waals surface area contributed by atoms with Gasteiger partial charge in [-0.05, 0) is 42.8 Å². The molecule has 5 rings (SSSR count). The van der Waals surface area contributed by atoms with Crippen LogP contribution >= 0.6 is 0 Å². The number of ketones is 1. The summed E-state index contributed by atoms with van der Waals surface area (Å²) in [6.07, 6.45) is 1.67. The predicted octanol–water partition coefficient (Wildman–Crippen LogP) is 5.72. The van der Waals surface area contributed by atoms with Crippen molar-refractivity contribution >= 4 is 17.8 Å². The fourth-order valence-corrected chi connectivity index (χ4v) is 4.78. The lowest BCUT2D eigenvalue weighted by Crippen LogP contribution is -2.22. The molecule has 3 aromatic rings. The number of para-hydroxylation sites is 1. The Hall–Kier alpha value is -4.72. The Morgan fingerprint density at radius 3 is 2.38 bits per heavy atom. The minimum Gasteiger partial charge on any atom is -0.496 e. The van der Waals surface area contributed by atoms with E-state index >= 15 is 0 Å². The molecule has 200 valence electrons. The van der Waals surface area contributed by atoms with Gasteiger partial charge in [-0.2, -0.15) is 0 Å². The minimum atomic E-state index is -0.444. The van der Waals surface area contributed by atoms with Gasteiger partial charge in [0, 0.05) is 28.7 Å². The number of fused-ring (bicyclic) bond motifs is 3. The van der Waals surface area contributed by atoms with Crippen LogP contribution < -0.4 is 28.4 Å². The third-order valence-electron chi connectivity index (χ3n) is 6.57. The number of Topliss-reactive ketones (excluding diaryl/α,β-unsaturated/α-hetero) is 1. The van der Waals surface area contributed by atoms with Crippen LogP contribution in [0, 0.1) is 0 Å². The van der Waals surface area contributed by atoms with Crippen molar-refractivity contribution in [2.45, 2.75) is 19.3 Å². The molecule has 0 amide bonds. The van der Waals surface area contributed by atoms with Crippen molar-refractivity contribution < 1.29 is 38.0 Å². The normalized spacial score (nSPS) is 16.6. The van der Waals surface area contributed by atoms with Crippen molar-refractivity contribution in [2.75, 3.05) is 27.9 Å². The molecular formula is C31H28O8. The third kappa shape index (κ3) is 4.81. The van der Waals surface area contributed by atoms with Gasteiger partial charge in [-0.1, -0.05) is 24.8 Å². The van der Waals surface area contributed by atoms with Crippen LogP contribution in [0.5, 0.6) is 34.5 Å². The zero-order valence-corrected chi connectivity index (χ0v) is 22.2. The van der Waals surface area contributed by atoms with Crippen LogP contribution in [0.4, 0.5) is 0 Å². The van der Waals surface area contributed by atoms with E-state index < -0.39 is 5.92 Å². The second-order valence-electron chi connectivity index (χ2n) is 9.26. The quantitative estimate of drug-likeness (QED) is 0.159. The summed E-state index contributed by atoms with van der Waals surface area (Å²) in [7, 11) is 4.59. The van der Waals surface area contributed by atoms with Crippen molar-refractivity contribution in [1.82, 2.24) is 0 Å². The monoisotopic (exact) mass is 528 g/mol. The predicted molar refractivity (Wildman–Crippen MR) is 144 cm³/mol. The largest absolute Gasteiger partial charge is 0.496 e. The molecule has 0 radical (unpaired) electrons. The molecule has 0 aliphatic carbocycles. The Labute approximate surface area is 226 Å². The van der Waals surface area contributed by atoms with Gasteiger partial charge in [0.1, 0.15) is 29.6 Å². The number of hydrogen-bond acceptors (Lipinski definition) is 8. The molecule has 2 aliphatic heterocycles. The highest BCUT2D eigenvalue weighted by molar-refractivity contribution is 6.15. The fraction of sp³-hybridized carbons (Fsp3) is 0.226. The van der Waals surface area contributed by atoms with Gasteiger partial charge in [-0.15, -0.1) is 0 Å². The van der Waals surface area contributed by atoms with Crippen LogP contribution in [0.3, 0.4) is 0 Å². The molecule has 1 atom stereocenters. The lowest BCUT2D eigenvalue weighted by Gasteiger charge is -2.27. The first-order valence-corrected chi connectivity index (χ1v) is 12.3. The summed E-state index contributed by atoms with van der Waals surface area (Å²) in [5.41, 5.74) is 3.22. The summed E-state index contributed by atoms with van der Waals surface area (Å²) in [5.74, 6) is 1.76. The lowest BCUT2D eigenvalue weighted by atomic mass is 9.84. The van der Waals surface area contributed by atoms with E-state index in [1.807, 2.05) is 31.2 Å². The average Bonchev–Trinajstić information content (AvgIpc) is 3.25. The highest BCUT2D eigenvalue weighted by atomic mass is 16.5. The smallest absolute Gasteiger partial charge is 0.312 e. The Balaban J connectivity index is 1.60. The van der Waals surface area contributed by atoms with E-state index in [9.17, 15) is 9.59 Å². The van der Waals surface area contributed by atoms with E-state index in [0.717, 1.165) is 11.1 Å². The summed E-state index contributed by atoms with van der Waals surface area (Å²) >= 11 is 0. The van der Waals surface area contributed by atoms with Gasteiger partial charge in [-0.3, -0.25) is 9.59 Å². The molecule has 2 heterocycles. The number of methoxy groups -OCH3 is 3. The van der Waals surface area contributed by atoms with Gasteiger partial charge in [0.25, 0.3) is 0 Å². The van der Waals surface area contributed by atoms with Gasteiger partial charge >= 0.3 is 5.97 Å². The number of ether oxygens (including phenoxy) is 6. The number of rotatable bonds is 8. The molecule has 0 bridgehead atoms. The van der Waals surface area contributed by atoms with Crippen molar-refractivity contribution in [2.24, 2.45) is 0 Å². The van der Waals surface area contributed by atoms with E-state index in [0.29, 0.717) is 57.8 Å². The number of benzene rings is 3. The van der Waals surface area contributed by atoms with E-state index in [2.05, 4.69) is 6.58 Å². The van der Waals surface area contributed by atoms with Crippen LogP contribution in [0.15, 0.2) is 66.4 Å². The first-order chi connectivity index (χ1) is 18.8. The molecule has 3 aromatic carbocycles. The summed E-state index contributed by atoms with van der Waals surface area (Å²) in [5, 5.41) is 0. The van der Waals surface area contributed by atoms with Gasteiger partial charge in [-0.25, -0.2) is 0 Å². The van der Waals surface area contributed by atoms with E-state index in [1.165, 1.54) is 21.3 Å². The first kappa shape index (κ1) is 25.9. The molecular weight excluding hydrogens is 500 g/mol. The molecule has 0 saturated heterocycles. The maximum atomic E-state index is 13.5. The third-order valence-corrected chi connectivity index (χ3v) is 6.57. The van der Waals surface area contributed by atoms with Gasteiger partial charge < -0.3 is 28.4 Å². The molecule has 0 fully saturated rings. The first-order valence-electron chi connectivity index (χ1n) is 12.3. The molecule has 0 saturated carbocycles. The Kier molecular flexibility index (Phi) is 7.02. The molecule has 8 heteroatoms.